The molecule has 1 N–H and O–H groups in total. The lowest BCUT2D eigenvalue weighted by Gasteiger charge is -2.12. The van der Waals surface area contributed by atoms with Crippen LogP contribution in [0.5, 0.6) is 5.75 Å². The Labute approximate surface area is 121 Å². The largest absolute Gasteiger partial charge is 0.492 e. The van der Waals surface area contributed by atoms with Crippen LogP contribution < -0.4 is 10.1 Å². The Bertz CT molecular complexity index is 510. The van der Waals surface area contributed by atoms with Crippen molar-refractivity contribution in [2.75, 3.05) is 13.2 Å². The van der Waals surface area contributed by atoms with Crippen LogP contribution in [0.3, 0.4) is 0 Å². The fourth-order valence-electron chi connectivity index (χ4n) is 1.76. The average Bonchev–Trinajstić information content (AvgIpc) is 2.83. The highest BCUT2D eigenvalue weighted by Crippen LogP contribution is 2.16. The SMILES string of the molecule is CC(NCCOc1ccc(Br)cc1)c1cnn(C)c1. The fraction of sp³-hybridized carbons (Fsp3) is 0.357. The van der Waals surface area contributed by atoms with Crippen LogP contribution in [0, 0.1) is 0 Å². The number of aryl methyl sites for hydroxylation is 1. The van der Waals surface area contributed by atoms with Crippen molar-refractivity contribution in [2.24, 2.45) is 7.05 Å². The highest BCUT2D eigenvalue weighted by Gasteiger charge is 2.06. The van der Waals surface area contributed by atoms with Crippen molar-refractivity contribution < 1.29 is 4.74 Å². The van der Waals surface area contributed by atoms with E-state index in [4.69, 9.17) is 4.74 Å². The summed E-state index contributed by atoms with van der Waals surface area (Å²) in [6.07, 6.45) is 3.90. The molecule has 0 fully saturated rings. The van der Waals surface area contributed by atoms with Crippen LogP contribution in [0.15, 0.2) is 41.1 Å². The highest BCUT2D eigenvalue weighted by molar-refractivity contribution is 9.10. The molecular formula is C14H18BrN3O. The number of nitrogens with one attached hydrogen (secondary N) is 1. The molecule has 0 amide bonds. The van der Waals surface area contributed by atoms with E-state index < -0.39 is 0 Å². The van der Waals surface area contributed by atoms with E-state index in [1.807, 2.05) is 48.4 Å². The minimum absolute atomic E-state index is 0.280. The summed E-state index contributed by atoms with van der Waals surface area (Å²) < 4.78 is 8.52. The molecule has 4 nitrogen and oxygen atoms in total. The zero-order valence-corrected chi connectivity index (χ0v) is 12.7. The van der Waals surface area contributed by atoms with Gasteiger partial charge in [0.25, 0.3) is 0 Å². The molecule has 0 aliphatic carbocycles. The Morgan fingerprint density at radius 2 is 2.11 bits per heavy atom. The van der Waals surface area contributed by atoms with Gasteiger partial charge in [-0.15, -0.1) is 0 Å². The van der Waals surface area contributed by atoms with Crippen molar-refractivity contribution in [1.29, 1.82) is 0 Å². The lowest BCUT2D eigenvalue weighted by Crippen LogP contribution is -2.24. The van der Waals surface area contributed by atoms with Gasteiger partial charge in [-0.3, -0.25) is 4.68 Å². The van der Waals surface area contributed by atoms with Crippen molar-refractivity contribution in [3.8, 4) is 5.75 Å². The maximum Gasteiger partial charge on any atom is 0.119 e. The number of hydrogen-bond acceptors (Lipinski definition) is 3. The van der Waals surface area contributed by atoms with Crippen LogP contribution in [0.25, 0.3) is 0 Å². The summed E-state index contributed by atoms with van der Waals surface area (Å²) in [6.45, 7) is 3.56. The molecule has 0 aliphatic rings. The molecule has 1 unspecified atom stereocenters. The molecule has 2 aromatic rings. The summed E-state index contributed by atoms with van der Waals surface area (Å²) in [5, 5.41) is 7.57. The van der Waals surface area contributed by atoms with E-state index in [9.17, 15) is 0 Å². The minimum atomic E-state index is 0.280. The summed E-state index contributed by atoms with van der Waals surface area (Å²) in [4.78, 5) is 0. The standard InChI is InChI=1S/C14H18BrN3O/c1-11(12-9-17-18(2)10-12)16-7-8-19-14-5-3-13(15)4-6-14/h3-6,9-11,16H,7-8H2,1-2H3. The lowest BCUT2D eigenvalue weighted by atomic mass is 10.2. The molecule has 1 atom stereocenters. The maximum absolute atomic E-state index is 5.65. The summed E-state index contributed by atoms with van der Waals surface area (Å²) in [7, 11) is 1.92. The van der Waals surface area contributed by atoms with Crippen molar-refractivity contribution in [3.05, 3.63) is 46.7 Å². The van der Waals surface area contributed by atoms with Gasteiger partial charge in [0, 0.05) is 35.9 Å². The Morgan fingerprint density at radius 1 is 1.37 bits per heavy atom. The van der Waals surface area contributed by atoms with Gasteiger partial charge in [-0.2, -0.15) is 5.10 Å². The van der Waals surface area contributed by atoms with E-state index >= 15 is 0 Å². The van der Waals surface area contributed by atoms with Gasteiger partial charge in [0.2, 0.25) is 0 Å². The number of aromatic nitrogens is 2. The monoisotopic (exact) mass is 323 g/mol. The van der Waals surface area contributed by atoms with Crippen LogP contribution in [0.1, 0.15) is 18.5 Å². The van der Waals surface area contributed by atoms with Crippen LogP contribution in [0.2, 0.25) is 0 Å². The van der Waals surface area contributed by atoms with E-state index in [2.05, 4.69) is 33.3 Å². The molecule has 102 valence electrons. The first-order valence-corrected chi connectivity index (χ1v) is 7.05. The van der Waals surface area contributed by atoms with E-state index in [-0.39, 0.29) is 6.04 Å². The highest BCUT2D eigenvalue weighted by atomic mass is 79.9. The molecule has 0 aliphatic heterocycles. The molecule has 1 heterocycles. The first-order valence-electron chi connectivity index (χ1n) is 6.25. The topological polar surface area (TPSA) is 39.1 Å². The molecule has 2 rings (SSSR count). The van der Waals surface area contributed by atoms with Crippen LogP contribution in [0.4, 0.5) is 0 Å². The second-order valence-corrected chi connectivity index (χ2v) is 5.34. The number of benzene rings is 1. The predicted molar refractivity (Wildman–Crippen MR) is 79.3 cm³/mol. The van der Waals surface area contributed by atoms with E-state index in [1.54, 1.807) is 0 Å². The van der Waals surface area contributed by atoms with Gasteiger partial charge in [0.05, 0.1) is 6.20 Å². The van der Waals surface area contributed by atoms with E-state index in [0.29, 0.717) is 6.61 Å². The lowest BCUT2D eigenvalue weighted by molar-refractivity contribution is 0.307. The molecule has 0 bridgehead atoms. The maximum atomic E-state index is 5.65. The van der Waals surface area contributed by atoms with Gasteiger partial charge in [-0.05, 0) is 31.2 Å². The molecule has 19 heavy (non-hydrogen) atoms. The summed E-state index contributed by atoms with van der Waals surface area (Å²) in [5.41, 5.74) is 1.19. The quantitative estimate of drug-likeness (QED) is 0.831. The van der Waals surface area contributed by atoms with Crippen molar-refractivity contribution in [1.82, 2.24) is 15.1 Å². The zero-order valence-electron chi connectivity index (χ0n) is 11.1. The van der Waals surface area contributed by atoms with Crippen molar-refractivity contribution in [3.63, 3.8) is 0 Å². The molecule has 5 heteroatoms. The van der Waals surface area contributed by atoms with E-state index in [1.165, 1.54) is 5.56 Å². The molecule has 1 aromatic heterocycles. The fourth-order valence-corrected chi connectivity index (χ4v) is 2.02. The zero-order chi connectivity index (χ0) is 13.7. The van der Waals surface area contributed by atoms with Gasteiger partial charge >= 0.3 is 0 Å². The van der Waals surface area contributed by atoms with Gasteiger partial charge in [-0.1, -0.05) is 15.9 Å². The van der Waals surface area contributed by atoms with Crippen molar-refractivity contribution >= 4 is 15.9 Å². The van der Waals surface area contributed by atoms with Crippen LogP contribution >= 0.6 is 15.9 Å². The minimum Gasteiger partial charge on any atom is -0.492 e. The summed E-state index contributed by atoms with van der Waals surface area (Å²) in [5.74, 6) is 0.888. The normalized spacial score (nSPS) is 12.4. The molecule has 0 radical (unpaired) electrons. The third-order valence-electron chi connectivity index (χ3n) is 2.86. The molecular weight excluding hydrogens is 306 g/mol. The third kappa shape index (κ3) is 4.36. The number of nitrogens with zero attached hydrogens (tertiary/aromatic N) is 2. The number of halogens is 1. The summed E-state index contributed by atoms with van der Waals surface area (Å²) in [6, 6.07) is 8.13. The van der Waals surface area contributed by atoms with Gasteiger partial charge in [-0.25, -0.2) is 0 Å². The third-order valence-corrected chi connectivity index (χ3v) is 3.39. The average molecular weight is 324 g/mol. The number of rotatable bonds is 6. The van der Waals surface area contributed by atoms with E-state index in [0.717, 1.165) is 16.8 Å². The van der Waals surface area contributed by atoms with Gasteiger partial charge < -0.3 is 10.1 Å². The molecule has 0 spiro atoms. The number of ether oxygens (including phenoxy) is 1. The first-order chi connectivity index (χ1) is 9.15. The summed E-state index contributed by atoms with van der Waals surface area (Å²) >= 11 is 3.40. The smallest absolute Gasteiger partial charge is 0.119 e. The molecule has 1 aromatic carbocycles. The predicted octanol–water partition coefficient (Wildman–Crippen LogP) is 2.91. The molecule has 0 saturated carbocycles. The Morgan fingerprint density at radius 3 is 2.74 bits per heavy atom. The second kappa shape index (κ2) is 6.73. The Kier molecular flexibility index (Phi) is 4.99. The Hall–Kier alpha value is -1.33. The van der Waals surface area contributed by atoms with Gasteiger partial charge in [0.15, 0.2) is 0 Å². The van der Waals surface area contributed by atoms with Crippen LogP contribution in [-0.4, -0.2) is 22.9 Å². The number of hydrogen-bond donors (Lipinski definition) is 1. The van der Waals surface area contributed by atoms with Crippen LogP contribution in [-0.2, 0) is 7.05 Å². The first kappa shape index (κ1) is 14.1. The van der Waals surface area contributed by atoms with Gasteiger partial charge in [0.1, 0.15) is 12.4 Å². The molecule has 0 saturated heterocycles. The second-order valence-electron chi connectivity index (χ2n) is 4.43. The van der Waals surface area contributed by atoms with Crippen molar-refractivity contribution in [2.45, 2.75) is 13.0 Å². The Balaban J connectivity index is 1.70.